The third-order valence-electron chi connectivity index (χ3n) is 12.2. The van der Waals surface area contributed by atoms with E-state index in [9.17, 15) is 0 Å². The van der Waals surface area contributed by atoms with Gasteiger partial charge in [-0.1, -0.05) is 166 Å². The summed E-state index contributed by atoms with van der Waals surface area (Å²) in [6.45, 7) is 17.6. The molecule has 0 unspecified atom stereocenters. The first-order valence-corrected chi connectivity index (χ1v) is 20.6. The molecule has 0 spiro atoms. The zero-order chi connectivity index (χ0) is 40.0. The fourth-order valence-corrected chi connectivity index (χ4v) is 10.1. The maximum absolute atomic E-state index is 2.48. The normalized spacial score (nSPS) is 11.8. The van der Waals surface area contributed by atoms with Crippen LogP contribution < -0.4 is 0 Å². The van der Waals surface area contributed by atoms with Gasteiger partial charge >= 0.3 is 0 Å². The molecule has 10 rings (SSSR count). The zero-order valence-corrected chi connectivity index (χ0v) is 34.9. The summed E-state index contributed by atoms with van der Waals surface area (Å²) in [5, 5.41) is 12.9. The van der Waals surface area contributed by atoms with Crippen molar-refractivity contribution in [3.63, 3.8) is 0 Å². The Morgan fingerprint density at radius 3 is 0.552 bits per heavy atom. The lowest BCUT2D eigenvalue weighted by Crippen LogP contribution is -1.92. The Balaban J connectivity index is 1.43. The summed E-state index contributed by atoms with van der Waals surface area (Å²) in [7, 11) is 0. The molecule has 0 aromatic heterocycles. The highest BCUT2D eigenvalue weighted by Crippen LogP contribution is 2.47. The zero-order valence-electron chi connectivity index (χ0n) is 34.9. The summed E-state index contributed by atoms with van der Waals surface area (Å²) in [6.07, 6.45) is 0. The quantitative estimate of drug-likeness (QED) is 0.157. The molecular weight excluding hydrogens is 697 g/mol. The molecule has 0 saturated heterocycles. The Kier molecular flexibility index (Phi) is 8.39. The molecule has 0 aliphatic rings. The predicted molar refractivity (Wildman–Crippen MR) is 254 cm³/mol. The molecule has 0 N–H and O–H groups in total. The molecule has 0 aliphatic heterocycles. The third kappa shape index (κ3) is 6.16. The van der Waals surface area contributed by atoms with Crippen molar-refractivity contribution in [2.24, 2.45) is 0 Å². The Morgan fingerprint density at radius 1 is 0.172 bits per heavy atom. The Labute approximate surface area is 342 Å². The molecule has 0 saturated carbocycles. The number of hydrogen-bond acceptors (Lipinski definition) is 0. The van der Waals surface area contributed by atoms with Gasteiger partial charge in [-0.05, 0) is 178 Å². The van der Waals surface area contributed by atoms with Crippen molar-refractivity contribution in [3.8, 4) is 44.5 Å². The number of fused-ring (bicyclic) bond motifs is 11. The maximum atomic E-state index is 2.48. The van der Waals surface area contributed by atoms with E-state index < -0.39 is 0 Å². The average Bonchev–Trinajstić information content (AvgIpc) is 3.18. The molecule has 0 fully saturated rings. The van der Waals surface area contributed by atoms with Crippen LogP contribution in [0.25, 0.3) is 98.4 Å². The van der Waals surface area contributed by atoms with E-state index in [1.54, 1.807) is 0 Å². The van der Waals surface area contributed by atoms with Gasteiger partial charge in [-0.15, -0.1) is 0 Å². The summed E-state index contributed by atoms with van der Waals surface area (Å²) >= 11 is 0. The Bertz CT molecular complexity index is 2830. The second kappa shape index (κ2) is 13.6. The SMILES string of the molecule is Cc1cc(C)cc(-c2ccc3c4ccc(-c5cc(C)cc(C)c5)cc4c4c5cc(-c6cc(C)cc(C)c6)ccc5c5ccc(-c6cc(C)cc(C)c6)cc5c4c3c2)c1. The molecule has 0 bridgehead atoms. The Hall–Kier alpha value is -6.50. The minimum atomic E-state index is 1.24. The summed E-state index contributed by atoms with van der Waals surface area (Å²) in [5.41, 5.74) is 20.3. The van der Waals surface area contributed by atoms with Crippen molar-refractivity contribution < 1.29 is 0 Å². The number of hydrogen-bond donors (Lipinski definition) is 0. The van der Waals surface area contributed by atoms with Gasteiger partial charge in [0.05, 0.1) is 0 Å². The fourth-order valence-electron chi connectivity index (χ4n) is 10.1. The van der Waals surface area contributed by atoms with E-state index in [4.69, 9.17) is 0 Å². The molecule has 0 radical (unpaired) electrons. The molecular formula is C58H48. The van der Waals surface area contributed by atoms with Crippen LogP contribution in [0.4, 0.5) is 0 Å². The standard InChI is InChI=1S/C58H48/c1-33-17-34(2)22-45(21-33)41-9-13-49-50-14-10-43(47-25-37(5)19-38(6)26-47)31-55(50)58-56-32-44(48-27-39(7)20-40(8)28-48)12-16-52(56)51-15-11-42(30-54(51)57(58)53(49)29-41)46-23-35(3)18-36(4)24-46/h9-32H,1-8H3. The molecule has 58 heavy (non-hydrogen) atoms. The lowest BCUT2D eigenvalue weighted by Gasteiger charge is -2.20. The second-order valence-corrected chi connectivity index (χ2v) is 17.3. The maximum Gasteiger partial charge on any atom is -0.00134 e. The lowest BCUT2D eigenvalue weighted by molar-refractivity contribution is 1.38. The van der Waals surface area contributed by atoms with E-state index in [0.29, 0.717) is 0 Å². The molecule has 10 aromatic carbocycles. The van der Waals surface area contributed by atoms with Gasteiger partial charge in [0.2, 0.25) is 0 Å². The number of benzene rings is 10. The first-order chi connectivity index (χ1) is 27.9. The molecule has 0 amide bonds. The highest BCUT2D eigenvalue weighted by Gasteiger charge is 2.19. The predicted octanol–water partition coefficient (Wildman–Crippen LogP) is 16.6. The minimum Gasteiger partial charge on any atom is -0.0563 e. The first kappa shape index (κ1) is 35.9. The van der Waals surface area contributed by atoms with Crippen LogP contribution in [0.2, 0.25) is 0 Å². The van der Waals surface area contributed by atoms with Gasteiger partial charge in [-0.2, -0.15) is 0 Å². The molecule has 280 valence electrons. The lowest BCUT2D eigenvalue weighted by atomic mass is 9.83. The first-order valence-electron chi connectivity index (χ1n) is 20.6. The molecule has 10 aromatic rings. The van der Waals surface area contributed by atoms with E-state index in [1.807, 2.05) is 0 Å². The summed E-state index contributed by atoms with van der Waals surface area (Å²) in [4.78, 5) is 0. The van der Waals surface area contributed by atoms with Gasteiger partial charge in [-0.3, -0.25) is 0 Å². The van der Waals surface area contributed by atoms with E-state index in [-0.39, 0.29) is 0 Å². The van der Waals surface area contributed by atoms with Crippen molar-refractivity contribution in [2.75, 3.05) is 0 Å². The van der Waals surface area contributed by atoms with Crippen molar-refractivity contribution >= 4 is 53.9 Å². The van der Waals surface area contributed by atoms with Crippen LogP contribution >= 0.6 is 0 Å². The van der Waals surface area contributed by atoms with Gasteiger partial charge in [0.1, 0.15) is 0 Å². The van der Waals surface area contributed by atoms with Gasteiger partial charge < -0.3 is 0 Å². The van der Waals surface area contributed by atoms with Crippen LogP contribution in [0.15, 0.2) is 146 Å². The minimum absolute atomic E-state index is 1.24. The van der Waals surface area contributed by atoms with E-state index >= 15 is 0 Å². The number of aryl methyl sites for hydroxylation is 8. The molecule has 0 heterocycles. The average molecular weight is 745 g/mol. The Morgan fingerprint density at radius 2 is 0.362 bits per heavy atom. The topological polar surface area (TPSA) is 0 Å². The largest absolute Gasteiger partial charge is 0.0563 e. The van der Waals surface area contributed by atoms with Gasteiger partial charge in [0, 0.05) is 0 Å². The summed E-state index contributed by atoms with van der Waals surface area (Å²) in [6, 6.07) is 56.5. The van der Waals surface area contributed by atoms with E-state index in [1.165, 1.54) is 143 Å². The summed E-state index contributed by atoms with van der Waals surface area (Å²) < 4.78 is 0. The van der Waals surface area contributed by atoms with Gasteiger partial charge in [0.15, 0.2) is 0 Å². The van der Waals surface area contributed by atoms with Crippen molar-refractivity contribution in [3.05, 3.63) is 190 Å². The van der Waals surface area contributed by atoms with Gasteiger partial charge in [-0.25, -0.2) is 0 Å². The van der Waals surface area contributed by atoms with Crippen molar-refractivity contribution in [1.82, 2.24) is 0 Å². The van der Waals surface area contributed by atoms with Gasteiger partial charge in [0.25, 0.3) is 0 Å². The van der Waals surface area contributed by atoms with Crippen LogP contribution in [0.3, 0.4) is 0 Å². The number of rotatable bonds is 4. The molecule has 0 nitrogen and oxygen atoms in total. The third-order valence-corrected chi connectivity index (χ3v) is 12.2. The van der Waals surface area contributed by atoms with Crippen LogP contribution in [0.5, 0.6) is 0 Å². The molecule has 0 atom stereocenters. The smallest absolute Gasteiger partial charge is 0.00134 e. The van der Waals surface area contributed by atoms with Crippen LogP contribution in [-0.2, 0) is 0 Å². The molecule has 0 heteroatoms. The monoisotopic (exact) mass is 744 g/mol. The fraction of sp³-hybridized carbons (Fsp3) is 0.138. The molecule has 0 aliphatic carbocycles. The van der Waals surface area contributed by atoms with Crippen molar-refractivity contribution in [1.29, 1.82) is 0 Å². The highest BCUT2D eigenvalue weighted by atomic mass is 14.2. The second-order valence-electron chi connectivity index (χ2n) is 17.3. The highest BCUT2D eigenvalue weighted by molar-refractivity contribution is 6.40. The van der Waals surface area contributed by atoms with E-state index in [0.717, 1.165) is 0 Å². The van der Waals surface area contributed by atoms with E-state index in [2.05, 4.69) is 201 Å². The summed E-state index contributed by atoms with van der Waals surface area (Å²) in [5.74, 6) is 0. The van der Waals surface area contributed by atoms with Crippen LogP contribution in [0, 0.1) is 55.4 Å². The van der Waals surface area contributed by atoms with Crippen LogP contribution in [0.1, 0.15) is 44.5 Å². The van der Waals surface area contributed by atoms with Crippen molar-refractivity contribution in [2.45, 2.75) is 55.4 Å². The van der Waals surface area contributed by atoms with Crippen LogP contribution in [-0.4, -0.2) is 0 Å².